The second kappa shape index (κ2) is 5.38. The summed E-state index contributed by atoms with van der Waals surface area (Å²) in [6, 6.07) is 0. The van der Waals surface area contributed by atoms with Crippen LogP contribution in [0.3, 0.4) is 0 Å². The highest BCUT2D eigenvalue weighted by molar-refractivity contribution is 5.74. The molecule has 0 fully saturated rings. The maximum absolute atomic E-state index is 11.7. The third-order valence-corrected chi connectivity index (χ3v) is 1.58. The van der Waals surface area contributed by atoms with E-state index < -0.39 is 28.7 Å². The van der Waals surface area contributed by atoms with Crippen molar-refractivity contribution in [2.75, 3.05) is 0 Å². The predicted octanol–water partition coefficient (Wildman–Crippen LogP) is 3.17. The number of carbonyl (C=O) groups is 1. The van der Waals surface area contributed by atoms with Gasteiger partial charge in [-0.05, 0) is 62.3 Å². The van der Waals surface area contributed by atoms with Crippen molar-refractivity contribution in [1.29, 1.82) is 0 Å². The first kappa shape index (κ1) is 18.4. The van der Waals surface area contributed by atoms with E-state index in [0.717, 1.165) is 0 Å². The molecular weight excluding hydrogens is 248 g/mol. The van der Waals surface area contributed by atoms with Gasteiger partial charge in [-0.1, -0.05) is 0 Å². The lowest BCUT2D eigenvalue weighted by molar-refractivity contribution is -0.427. The van der Waals surface area contributed by atoms with Gasteiger partial charge in [-0.3, -0.25) is 0 Å². The highest BCUT2D eigenvalue weighted by Crippen LogP contribution is 2.32. The molecule has 0 heterocycles. The first-order valence-corrected chi connectivity index (χ1v) is 6.40. The lowest BCUT2D eigenvalue weighted by Gasteiger charge is -2.42. The molecule has 5 nitrogen and oxygen atoms in total. The molecule has 0 radical (unpaired) electrons. The lowest BCUT2D eigenvalue weighted by Crippen LogP contribution is -2.57. The fourth-order valence-electron chi connectivity index (χ4n) is 1.40. The van der Waals surface area contributed by atoms with Crippen molar-refractivity contribution in [3.63, 3.8) is 0 Å². The maximum atomic E-state index is 11.7. The molecule has 0 aliphatic carbocycles. The summed E-state index contributed by atoms with van der Waals surface area (Å²) >= 11 is 0. The van der Waals surface area contributed by atoms with E-state index in [9.17, 15) is 9.90 Å². The highest BCUT2D eigenvalue weighted by Gasteiger charge is 2.51. The van der Waals surface area contributed by atoms with Crippen LogP contribution in [0.15, 0.2) is 0 Å². The minimum Gasteiger partial charge on any atom is -0.475 e. The minimum absolute atomic E-state index is 0.727. The van der Waals surface area contributed by atoms with Gasteiger partial charge < -0.3 is 19.3 Å². The molecular formula is C14H28O5. The largest absolute Gasteiger partial charge is 0.475 e. The fraction of sp³-hybridized carbons (Fsp3) is 0.929. The summed E-state index contributed by atoms with van der Waals surface area (Å²) in [5.74, 6) is -3.43. The Morgan fingerprint density at radius 2 is 0.895 bits per heavy atom. The Morgan fingerprint density at radius 3 is 1.00 bits per heavy atom. The fourth-order valence-corrected chi connectivity index (χ4v) is 1.40. The van der Waals surface area contributed by atoms with Gasteiger partial charge in [0.1, 0.15) is 0 Å². The lowest BCUT2D eigenvalue weighted by atomic mass is 10.1. The summed E-state index contributed by atoms with van der Waals surface area (Å²) in [6.45, 7) is 15.8. The van der Waals surface area contributed by atoms with Crippen molar-refractivity contribution < 1.29 is 24.1 Å². The van der Waals surface area contributed by atoms with Crippen molar-refractivity contribution >= 4 is 5.97 Å². The quantitative estimate of drug-likeness (QED) is 0.799. The van der Waals surface area contributed by atoms with Gasteiger partial charge in [0.15, 0.2) is 0 Å². The highest BCUT2D eigenvalue weighted by atomic mass is 16.9. The molecule has 1 N–H and O–H groups in total. The summed E-state index contributed by atoms with van der Waals surface area (Å²) in [7, 11) is 0. The zero-order valence-electron chi connectivity index (χ0n) is 13.6. The second-order valence-corrected chi connectivity index (χ2v) is 7.50. The topological polar surface area (TPSA) is 65.0 Å². The Kier molecular flexibility index (Phi) is 5.20. The van der Waals surface area contributed by atoms with E-state index in [1.165, 1.54) is 0 Å². The third-order valence-electron chi connectivity index (χ3n) is 1.58. The van der Waals surface area contributed by atoms with Crippen LogP contribution in [-0.4, -0.2) is 33.9 Å². The molecule has 0 amide bonds. The number of carboxylic acid groups (broad SMARTS) is 1. The number of rotatable bonds is 4. The first-order valence-electron chi connectivity index (χ1n) is 6.40. The van der Waals surface area contributed by atoms with E-state index in [1.54, 1.807) is 62.3 Å². The number of hydrogen-bond acceptors (Lipinski definition) is 4. The number of hydrogen-bond donors (Lipinski definition) is 1. The van der Waals surface area contributed by atoms with Crippen LogP contribution in [-0.2, 0) is 19.0 Å². The van der Waals surface area contributed by atoms with Crippen molar-refractivity contribution in [3.8, 4) is 0 Å². The molecule has 0 aromatic heterocycles. The van der Waals surface area contributed by atoms with Gasteiger partial charge in [0.25, 0.3) is 0 Å². The molecule has 19 heavy (non-hydrogen) atoms. The van der Waals surface area contributed by atoms with Crippen LogP contribution in [0.5, 0.6) is 0 Å². The second-order valence-electron chi connectivity index (χ2n) is 7.50. The van der Waals surface area contributed by atoms with Crippen LogP contribution < -0.4 is 0 Å². The molecule has 0 spiro atoms. The molecule has 0 aromatic carbocycles. The van der Waals surface area contributed by atoms with Crippen LogP contribution in [0, 0.1) is 0 Å². The number of aliphatic carboxylic acids is 1. The van der Waals surface area contributed by atoms with Gasteiger partial charge in [0, 0.05) is 0 Å². The molecule has 0 aliphatic heterocycles. The Bertz CT molecular complexity index is 273. The van der Waals surface area contributed by atoms with Gasteiger partial charge in [-0.25, -0.2) is 4.79 Å². The zero-order valence-corrected chi connectivity index (χ0v) is 13.6. The molecule has 0 unspecified atom stereocenters. The van der Waals surface area contributed by atoms with Gasteiger partial charge in [0.2, 0.25) is 0 Å². The van der Waals surface area contributed by atoms with E-state index in [-0.39, 0.29) is 0 Å². The summed E-state index contributed by atoms with van der Waals surface area (Å²) in [4.78, 5) is 11.7. The Morgan fingerprint density at radius 1 is 0.684 bits per heavy atom. The standard InChI is InChI=1S/C14H28O5/c1-11(2,3)17-14(10(15)16,18-12(4,5)6)19-13(7,8)9/h1-9H3,(H,15,16). The van der Waals surface area contributed by atoms with Gasteiger partial charge in [-0.2, -0.15) is 0 Å². The Hall–Kier alpha value is -0.650. The predicted molar refractivity (Wildman–Crippen MR) is 72.9 cm³/mol. The first-order chi connectivity index (χ1) is 8.06. The molecule has 0 atom stereocenters. The van der Waals surface area contributed by atoms with E-state index in [2.05, 4.69) is 0 Å². The number of carboxylic acids is 1. The van der Waals surface area contributed by atoms with Gasteiger partial charge in [-0.15, -0.1) is 0 Å². The molecule has 0 rings (SSSR count). The molecule has 0 bridgehead atoms. The van der Waals surface area contributed by atoms with Crippen LogP contribution in [0.4, 0.5) is 0 Å². The van der Waals surface area contributed by atoms with Crippen LogP contribution in [0.25, 0.3) is 0 Å². The van der Waals surface area contributed by atoms with Crippen molar-refractivity contribution in [1.82, 2.24) is 0 Å². The van der Waals surface area contributed by atoms with Crippen LogP contribution in [0.1, 0.15) is 62.3 Å². The van der Waals surface area contributed by atoms with Crippen molar-refractivity contribution in [3.05, 3.63) is 0 Å². The van der Waals surface area contributed by atoms with E-state index in [0.29, 0.717) is 0 Å². The zero-order chi connectivity index (χ0) is 15.7. The van der Waals surface area contributed by atoms with Crippen LogP contribution >= 0.6 is 0 Å². The van der Waals surface area contributed by atoms with Crippen LogP contribution in [0.2, 0.25) is 0 Å². The van der Waals surface area contributed by atoms with E-state index >= 15 is 0 Å². The van der Waals surface area contributed by atoms with Crippen molar-refractivity contribution in [2.24, 2.45) is 0 Å². The maximum Gasteiger partial charge on any atom is 0.395 e. The molecule has 114 valence electrons. The summed E-state index contributed by atoms with van der Waals surface area (Å²) < 4.78 is 16.8. The smallest absolute Gasteiger partial charge is 0.395 e. The summed E-state index contributed by atoms with van der Waals surface area (Å²) in [6.07, 6.45) is 0. The molecule has 0 aromatic rings. The third kappa shape index (κ3) is 7.50. The SMILES string of the molecule is CC(C)(C)OC(OC(C)(C)C)(OC(C)(C)C)C(=O)O. The van der Waals surface area contributed by atoms with Gasteiger partial charge >= 0.3 is 11.9 Å². The average Bonchev–Trinajstić information content (AvgIpc) is 1.91. The van der Waals surface area contributed by atoms with Crippen molar-refractivity contribution in [2.45, 2.75) is 85.1 Å². The van der Waals surface area contributed by atoms with E-state index in [1.807, 2.05) is 0 Å². The normalized spacial score (nSPS) is 14.6. The van der Waals surface area contributed by atoms with E-state index in [4.69, 9.17) is 14.2 Å². The summed E-state index contributed by atoms with van der Waals surface area (Å²) in [5, 5.41) is 9.54. The minimum atomic E-state index is -2.13. The monoisotopic (exact) mass is 276 g/mol. The molecule has 0 aliphatic rings. The molecule has 0 saturated carbocycles. The molecule has 5 heteroatoms. The number of ether oxygens (including phenoxy) is 3. The average molecular weight is 276 g/mol. The Balaban J connectivity index is 5.55. The molecule has 0 saturated heterocycles. The van der Waals surface area contributed by atoms with Gasteiger partial charge in [0.05, 0.1) is 16.8 Å². The Labute approximate surface area is 116 Å². The summed E-state index contributed by atoms with van der Waals surface area (Å²) in [5.41, 5.74) is -2.18.